The van der Waals surface area contributed by atoms with E-state index in [1.54, 1.807) is 10.6 Å². The number of aromatic nitrogens is 2. The summed E-state index contributed by atoms with van der Waals surface area (Å²) in [5, 5.41) is 1.17. The predicted octanol–water partition coefficient (Wildman–Crippen LogP) is 2.30. The van der Waals surface area contributed by atoms with Crippen molar-refractivity contribution in [1.82, 2.24) is 14.5 Å². The smallest absolute Gasteiger partial charge is 0.262 e. The minimum Gasteiger partial charge on any atom is -0.376 e. The minimum absolute atomic E-state index is 0.0201. The van der Waals surface area contributed by atoms with E-state index in [-0.39, 0.29) is 35.5 Å². The van der Waals surface area contributed by atoms with Crippen LogP contribution in [0.4, 0.5) is 0 Å². The summed E-state index contributed by atoms with van der Waals surface area (Å²) in [5.41, 5.74) is 0.583. The number of ether oxygens (including phenoxy) is 2. The number of hydrogen-bond donors (Lipinski definition) is 0. The Morgan fingerprint density at radius 3 is 2.72 bits per heavy atom. The fourth-order valence-electron chi connectivity index (χ4n) is 4.01. The average molecular weight is 418 g/mol. The van der Waals surface area contributed by atoms with Gasteiger partial charge in [0.2, 0.25) is 5.91 Å². The highest BCUT2D eigenvalue weighted by molar-refractivity contribution is 7.99. The fraction of sp³-hybridized carbons (Fsp3) is 0.571. The summed E-state index contributed by atoms with van der Waals surface area (Å²) in [6.07, 6.45) is 2.03. The highest BCUT2D eigenvalue weighted by Crippen LogP contribution is 2.22. The first kappa shape index (κ1) is 20.4. The lowest BCUT2D eigenvalue weighted by Crippen LogP contribution is -2.48. The van der Waals surface area contributed by atoms with E-state index in [1.807, 2.05) is 36.9 Å². The maximum absolute atomic E-state index is 13.1. The second kappa shape index (κ2) is 8.85. The largest absolute Gasteiger partial charge is 0.376 e. The summed E-state index contributed by atoms with van der Waals surface area (Å²) in [6, 6.07) is 7.35. The van der Waals surface area contributed by atoms with Gasteiger partial charge in [0.05, 0.1) is 41.5 Å². The van der Waals surface area contributed by atoms with Crippen molar-refractivity contribution in [1.29, 1.82) is 0 Å². The van der Waals surface area contributed by atoms with Crippen molar-refractivity contribution in [3.8, 4) is 0 Å². The fourth-order valence-corrected chi connectivity index (χ4v) is 4.92. The maximum atomic E-state index is 13.1. The first-order valence-corrected chi connectivity index (χ1v) is 11.2. The second-order valence-electron chi connectivity index (χ2n) is 7.81. The van der Waals surface area contributed by atoms with Crippen LogP contribution in [0.1, 0.15) is 26.7 Å². The zero-order valence-corrected chi connectivity index (χ0v) is 17.7. The highest BCUT2D eigenvalue weighted by atomic mass is 32.2. The molecule has 2 fully saturated rings. The van der Waals surface area contributed by atoms with Gasteiger partial charge in [-0.15, -0.1) is 0 Å². The third kappa shape index (κ3) is 4.65. The normalized spacial score (nSPS) is 24.9. The van der Waals surface area contributed by atoms with Crippen LogP contribution in [0.5, 0.6) is 0 Å². The van der Waals surface area contributed by atoms with Gasteiger partial charge in [0.25, 0.3) is 5.56 Å². The van der Waals surface area contributed by atoms with Crippen molar-refractivity contribution in [2.75, 3.05) is 25.4 Å². The first-order chi connectivity index (χ1) is 14.0. The van der Waals surface area contributed by atoms with Crippen molar-refractivity contribution in [2.45, 2.75) is 56.7 Å². The number of rotatable bonds is 5. The van der Waals surface area contributed by atoms with Gasteiger partial charge >= 0.3 is 0 Å². The van der Waals surface area contributed by atoms with Crippen LogP contribution in [0.25, 0.3) is 10.9 Å². The van der Waals surface area contributed by atoms with Crippen molar-refractivity contribution in [2.24, 2.45) is 0 Å². The molecule has 1 aromatic heterocycles. The minimum atomic E-state index is -0.0744. The van der Waals surface area contributed by atoms with Gasteiger partial charge < -0.3 is 14.4 Å². The lowest BCUT2D eigenvalue weighted by atomic mass is 10.2. The van der Waals surface area contributed by atoms with Gasteiger partial charge in [-0.25, -0.2) is 4.98 Å². The number of para-hydroxylation sites is 1. The molecular weight excluding hydrogens is 390 g/mol. The van der Waals surface area contributed by atoms with Crippen LogP contribution in [0, 0.1) is 0 Å². The first-order valence-electron chi connectivity index (χ1n) is 10.2. The number of thioether (sulfide) groups is 1. The van der Waals surface area contributed by atoms with Gasteiger partial charge in [0.1, 0.15) is 0 Å². The Kier molecular flexibility index (Phi) is 6.22. The average Bonchev–Trinajstić information content (AvgIpc) is 3.21. The molecule has 3 heterocycles. The van der Waals surface area contributed by atoms with Crippen molar-refractivity contribution in [3.05, 3.63) is 34.6 Å². The number of benzene rings is 1. The Labute approximate surface area is 174 Å². The molecule has 2 aromatic rings. The van der Waals surface area contributed by atoms with Crippen molar-refractivity contribution in [3.63, 3.8) is 0 Å². The van der Waals surface area contributed by atoms with Gasteiger partial charge in [0, 0.05) is 19.7 Å². The Balaban J connectivity index is 1.56. The molecule has 2 aliphatic rings. The summed E-state index contributed by atoms with van der Waals surface area (Å²) in [4.78, 5) is 32.4. The van der Waals surface area contributed by atoms with E-state index in [4.69, 9.17) is 14.5 Å². The predicted molar refractivity (Wildman–Crippen MR) is 112 cm³/mol. The molecule has 2 saturated heterocycles. The molecule has 0 unspecified atom stereocenters. The summed E-state index contributed by atoms with van der Waals surface area (Å²) in [6.45, 7) is 6.35. The van der Waals surface area contributed by atoms with Crippen LogP contribution in [0.3, 0.4) is 0 Å². The van der Waals surface area contributed by atoms with Crippen LogP contribution >= 0.6 is 11.8 Å². The number of nitrogens with zero attached hydrogens (tertiary/aromatic N) is 3. The zero-order valence-electron chi connectivity index (χ0n) is 16.9. The quantitative estimate of drug-likeness (QED) is 0.549. The van der Waals surface area contributed by atoms with Crippen LogP contribution in [0.2, 0.25) is 0 Å². The molecule has 3 atom stereocenters. The number of hydrogen-bond acceptors (Lipinski definition) is 6. The molecule has 4 rings (SSSR count). The van der Waals surface area contributed by atoms with E-state index in [1.165, 1.54) is 11.8 Å². The Bertz CT molecular complexity index is 931. The van der Waals surface area contributed by atoms with Crippen LogP contribution in [-0.2, 0) is 20.8 Å². The molecule has 29 heavy (non-hydrogen) atoms. The molecule has 0 saturated carbocycles. The van der Waals surface area contributed by atoms with Gasteiger partial charge in [-0.2, -0.15) is 0 Å². The monoisotopic (exact) mass is 417 g/mol. The second-order valence-corrected chi connectivity index (χ2v) is 8.75. The van der Waals surface area contributed by atoms with Crippen molar-refractivity contribution >= 4 is 28.6 Å². The van der Waals surface area contributed by atoms with E-state index in [9.17, 15) is 9.59 Å². The molecule has 0 bridgehead atoms. The Morgan fingerprint density at radius 1 is 1.24 bits per heavy atom. The third-order valence-electron chi connectivity index (χ3n) is 5.33. The number of carbonyl (C=O) groups excluding carboxylic acids is 1. The standard InChI is InChI=1S/C21H27N3O4S/c1-14-10-23(11-15(2)28-14)19(25)13-29-21-22-18-8-4-3-7-17(18)20(26)24(21)12-16-6-5-9-27-16/h3-4,7-8,14-16H,5-6,9-13H2,1-2H3/t14-,15-,16+/m1/s1. The molecule has 2 aliphatic heterocycles. The lowest BCUT2D eigenvalue weighted by molar-refractivity contribution is -0.140. The highest BCUT2D eigenvalue weighted by Gasteiger charge is 2.26. The Morgan fingerprint density at radius 2 is 2.00 bits per heavy atom. The lowest BCUT2D eigenvalue weighted by Gasteiger charge is -2.35. The molecule has 0 N–H and O–H groups in total. The van der Waals surface area contributed by atoms with Gasteiger partial charge in [-0.1, -0.05) is 23.9 Å². The summed E-state index contributed by atoms with van der Waals surface area (Å²) in [7, 11) is 0. The molecule has 156 valence electrons. The molecular formula is C21H27N3O4S. The summed E-state index contributed by atoms with van der Waals surface area (Å²) >= 11 is 1.33. The van der Waals surface area contributed by atoms with Gasteiger partial charge in [-0.3, -0.25) is 14.2 Å². The van der Waals surface area contributed by atoms with E-state index in [0.29, 0.717) is 35.7 Å². The van der Waals surface area contributed by atoms with E-state index >= 15 is 0 Å². The number of morpholine rings is 1. The maximum Gasteiger partial charge on any atom is 0.262 e. The molecule has 0 spiro atoms. The third-order valence-corrected chi connectivity index (χ3v) is 6.30. The van der Waals surface area contributed by atoms with Crippen LogP contribution < -0.4 is 5.56 Å². The SMILES string of the molecule is C[C@@H]1CN(C(=O)CSc2nc3ccccc3c(=O)n2C[C@@H]2CCCO2)C[C@@H](C)O1. The summed E-state index contributed by atoms with van der Waals surface area (Å²) < 4.78 is 13.1. The zero-order chi connectivity index (χ0) is 20.4. The molecule has 1 amide bonds. The molecule has 1 aromatic carbocycles. The van der Waals surface area contributed by atoms with Gasteiger partial charge in [-0.05, 0) is 38.8 Å². The van der Waals surface area contributed by atoms with E-state index in [0.717, 1.165) is 19.4 Å². The number of fused-ring (bicyclic) bond motifs is 1. The Hall–Kier alpha value is -1.90. The van der Waals surface area contributed by atoms with Crippen molar-refractivity contribution < 1.29 is 14.3 Å². The number of carbonyl (C=O) groups is 1. The molecule has 0 aliphatic carbocycles. The van der Waals surface area contributed by atoms with Gasteiger partial charge in [0.15, 0.2) is 5.16 Å². The topological polar surface area (TPSA) is 73.7 Å². The van der Waals surface area contributed by atoms with Crippen LogP contribution in [-0.4, -0.2) is 64.1 Å². The molecule has 7 nitrogen and oxygen atoms in total. The molecule has 0 radical (unpaired) electrons. The van der Waals surface area contributed by atoms with Crippen LogP contribution in [0.15, 0.2) is 34.2 Å². The van der Waals surface area contributed by atoms with E-state index in [2.05, 4.69) is 0 Å². The number of amides is 1. The molecule has 8 heteroatoms. The summed E-state index contributed by atoms with van der Waals surface area (Å²) in [5.74, 6) is 0.290. The van der Waals surface area contributed by atoms with E-state index < -0.39 is 0 Å².